The van der Waals surface area contributed by atoms with E-state index in [0.29, 0.717) is 0 Å². The Kier molecular flexibility index (Phi) is 5.51. The maximum Gasteiger partial charge on any atom is 0.309 e. The van der Waals surface area contributed by atoms with Gasteiger partial charge in [0.05, 0.1) is 25.2 Å². The Balaban J connectivity index is 2.84. The monoisotopic (exact) mass is 265 g/mol. The highest BCUT2D eigenvalue weighted by atomic mass is 16.5. The Labute approximate surface area is 114 Å². The Morgan fingerprint density at radius 3 is 2.42 bits per heavy atom. The molecule has 0 aliphatic carbocycles. The van der Waals surface area contributed by atoms with Crippen LogP contribution < -0.4 is 5.32 Å². The maximum absolute atomic E-state index is 11.5. The van der Waals surface area contributed by atoms with Crippen LogP contribution in [0.25, 0.3) is 0 Å². The van der Waals surface area contributed by atoms with Gasteiger partial charge in [0.15, 0.2) is 0 Å². The summed E-state index contributed by atoms with van der Waals surface area (Å²) in [6.07, 6.45) is 0. The van der Waals surface area contributed by atoms with Crippen molar-refractivity contribution in [3.63, 3.8) is 0 Å². The maximum atomic E-state index is 11.5. The lowest BCUT2D eigenvalue weighted by molar-refractivity contribution is -0.145. The lowest BCUT2D eigenvalue weighted by Crippen LogP contribution is -2.50. The van der Waals surface area contributed by atoms with Crippen LogP contribution in [0.15, 0.2) is 30.3 Å². The number of hydrogen-bond donors (Lipinski definition) is 2. The first-order valence-corrected chi connectivity index (χ1v) is 6.46. The van der Waals surface area contributed by atoms with Gasteiger partial charge in [-0.15, -0.1) is 0 Å². The minimum absolute atomic E-state index is 0.0464. The topological polar surface area (TPSA) is 58.6 Å². The normalized spacial score (nSPS) is 17.3. The predicted octanol–water partition coefficient (Wildman–Crippen LogP) is 1.68. The number of rotatable bonds is 6. The van der Waals surface area contributed by atoms with Gasteiger partial charge < -0.3 is 15.2 Å². The Morgan fingerprint density at radius 1 is 1.37 bits per heavy atom. The van der Waals surface area contributed by atoms with E-state index in [-0.39, 0.29) is 24.5 Å². The second-order valence-electron chi connectivity index (χ2n) is 5.10. The first kappa shape index (κ1) is 15.7. The molecule has 0 fully saturated rings. The highest BCUT2D eigenvalue weighted by Gasteiger charge is 2.31. The van der Waals surface area contributed by atoms with Crippen molar-refractivity contribution in [2.24, 2.45) is 5.92 Å². The molecule has 0 radical (unpaired) electrons. The zero-order chi connectivity index (χ0) is 14.5. The quantitative estimate of drug-likeness (QED) is 0.768. The highest BCUT2D eigenvalue weighted by molar-refractivity contribution is 5.72. The molecule has 2 N–H and O–H groups in total. The summed E-state index contributed by atoms with van der Waals surface area (Å²) in [5.74, 6) is -0.534. The summed E-state index contributed by atoms with van der Waals surface area (Å²) < 4.78 is 4.75. The van der Waals surface area contributed by atoms with E-state index < -0.39 is 5.54 Å². The van der Waals surface area contributed by atoms with Gasteiger partial charge in [0.25, 0.3) is 0 Å². The van der Waals surface area contributed by atoms with Gasteiger partial charge in [-0.3, -0.25) is 4.79 Å². The number of carbonyl (C=O) groups excluding carboxylic acids is 1. The Hall–Kier alpha value is -1.39. The van der Waals surface area contributed by atoms with E-state index in [0.717, 1.165) is 5.56 Å². The van der Waals surface area contributed by atoms with Crippen molar-refractivity contribution < 1.29 is 14.6 Å². The molecule has 0 heterocycles. The third-order valence-corrected chi connectivity index (χ3v) is 3.60. The standard InChI is InChI=1S/C15H23NO3/c1-11(14(18)19-4)12(2)16-15(3,10-17)13-8-6-5-7-9-13/h5-9,11-12,16-17H,10H2,1-4H3. The van der Waals surface area contributed by atoms with Crippen LogP contribution in [0.3, 0.4) is 0 Å². The molecular formula is C15H23NO3. The van der Waals surface area contributed by atoms with Crippen LogP contribution in [0, 0.1) is 5.92 Å². The fraction of sp³-hybridized carbons (Fsp3) is 0.533. The summed E-state index contributed by atoms with van der Waals surface area (Å²) in [5, 5.41) is 13.0. The molecule has 106 valence electrons. The van der Waals surface area contributed by atoms with Crippen molar-refractivity contribution in [3.8, 4) is 0 Å². The van der Waals surface area contributed by atoms with Crippen molar-refractivity contribution >= 4 is 5.97 Å². The fourth-order valence-electron chi connectivity index (χ4n) is 2.04. The molecule has 0 aliphatic rings. The number of aliphatic hydroxyl groups is 1. The van der Waals surface area contributed by atoms with Crippen molar-refractivity contribution in [1.29, 1.82) is 0 Å². The smallest absolute Gasteiger partial charge is 0.309 e. The largest absolute Gasteiger partial charge is 0.469 e. The van der Waals surface area contributed by atoms with Gasteiger partial charge in [-0.1, -0.05) is 37.3 Å². The zero-order valence-corrected chi connectivity index (χ0v) is 12.0. The van der Waals surface area contributed by atoms with E-state index in [1.807, 2.05) is 51.1 Å². The number of esters is 1. The number of nitrogens with one attached hydrogen (secondary N) is 1. The lowest BCUT2D eigenvalue weighted by Gasteiger charge is -2.34. The first-order valence-electron chi connectivity index (χ1n) is 6.46. The van der Waals surface area contributed by atoms with E-state index in [1.165, 1.54) is 7.11 Å². The molecule has 4 nitrogen and oxygen atoms in total. The van der Waals surface area contributed by atoms with Crippen LogP contribution in [0.4, 0.5) is 0 Å². The van der Waals surface area contributed by atoms with Crippen LogP contribution >= 0.6 is 0 Å². The molecule has 19 heavy (non-hydrogen) atoms. The first-order chi connectivity index (χ1) is 8.94. The van der Waals surface area contributed by atoms with Crippen LogP contribution in [-0.4, -0.2) is 30.8 Å². The van der Waals surface area contributed by atoms with E-state index >= 15 is 0 Å². The lowest BCUT2D eigenvalue weighted by atomic mass is 9.90. The molecule has 3 atom stereocenters. The number of methoxy groups -OCH3 is 1. The van der Waals surface area contributed by atoms with Gasteiger partial charge in [0, 0.05) is 6.04 Å². The van der Waals surface area contributed by atoms with Crippen molar-refractivity contribution in [3.05, 3.63) is 35.9 Å². The Morgan fingerprint density at radius 2 is 1.95 bits per heavy atom. The fourth-order valence-corrected chi connectivity index (χ4v) is 2.04. The molecule has 0 bridgehead atoms. The average Bonchev–Trinajstić information content (AvgIpc) is 2.46. The van der Waals surface area contributed by atoms with Crippen LogP contribution in [-0.2, 0) is 15.1 Å². The van der Waals surface area contributed by atoms with Crippen LogP contribution in [0.5, 0.6) is 0 Å². The molecule has 0 aliphatic heterocycles. The number of carbonyl (C=O) groups is 1. The molecule has 0 saturated heterocycles. The molecule has 0 amide bonds. The van der Waals surface area contributed by atoms with Crippen LogP contribution in [0.2, 0.25) is 0 Å². The SMILES string of the molecule is COC(=O)C(C)C(C)NC(C)(CO)c1ccccc1. The molecule has 1 aromatic carbocycles. The van der Waals surface area contributed by atoms with Gasteiger partial charge in [-0.2, -0.15) is 0 Å². The van der Waals surface area contributed by atoms with E-state index in [2.05, 4.69) is 5.32 Å². The van der Waals surface area contributed by atoms with Gasteiger partial charge in [-0.25, -0.2) is 0 Å². The number of benzene rings is 1. The number of aliphatic hydroxyl groups excluding tert-OH is 1. The van der Waals surface area contributed by atoms with Crippen molar-refractivity contribution in [1.82, 2.24) is 5.32 Å². The number of ether oxygens (including phenoxy) is 1. The summed E-state index contributed by atoms with van der Waals surface area (Å²) in [6, 6.07) is 9.60. The molecule has 3 unspecified atom stereocenters. The highest BCUT2D eigenvalue weighted by Crippen LogP contribution is 2.22. The minimum Gasteiger partial charge on any atom is -0.469 e. The summed E-state index contributed by atoms with van der Waals surface area (Å²) in [7, 11) is 1.38. The summed E-state index contributed by atoms with van der Waals surface area (Å²) in [5.41, 5.74) is 0.407. The third-order valence-electron chi connectivity index (χ3n) is 3.60. The number of hydrogen-bond acceptors (Lipinski definition) is 4. The molecule has 1 aromatic rings. The van der Waals surface area contributed by atoms with Gasteiger partial charge in [-0.05, 0) is 19.4 Å². The molecular weight excluding hydrogens is 242 g/mol. The van der Waals surface area contributed by atoms with Crippen LogP contribution in [0.1, 0.15) is 26.3 Å². The zero-order valence-electron chi connectivity index (χ0n) is 12.0. The molecule has 4 heteroatoms. The van der Waals surface area contributed by atoms with Gasteiger partial charge >= 0.3 is 5.97 Å². The Bertz CT molecular complexity index is 407. The summed E-state index contributed by atoms with van der Waals surface area (Å²) in [6.45, 7) is 5.60. The van der Waals surface area contributed by atoms with Crippen molar-refractivity contribution in [2.45, 2.75) is 32.4 Å². The van der Waals surface area contributed by atoms with Gasteiger partial charge in [0.1, 0.15) is 0 Å². The second-order valence-corrected chi connectivity index (χ2v) is 5.10. The summed E-state index contributed by atoms with van der Waals surface area (Å²) >= 11 is 0. The minimum atomic E-state index is -0.580. The molecule has 0 aromatic heterocycles. The second kappa shape index (κ2) is 6.68. The van der Waals surface area contributed by atoms with Crippen molar-refractivity contribution in [2.75, 3.05) is 13.7 Å². The molecule has 0 spiro atoms. The predicted molar refractivity (Wildman–Crippen MR) is 74.7 cm³/mol. The van der Waals surface area contributed by atoms with Gasteiger partial charge in [0.2, 0.25) is 0 Å². The average molecular weight is 265 g/mol. The van der Waals surface area contributed by atoms with E-state index in [4.69, 9.17) is 4.74 Å². The molecule has 0 saturated carbocycles. The third kappa shape index (κ3) is 3.78. The van der Waals surface area contributed by atoms with E-state index in [9.17, 15) is 9.90 Å². The summed E-state index contributed by atoms with van der Waals surface area (Å²) in [4.78, 5) is 11.5. The van der Waals surface area contributed by atoms with E-state index in [1.54, 1.807) is 0 Å². The molecule has 1 rings (SSSR count).